The fourth-order valence-electron chi connectivity index (χ4n) is 3.12. The molecule has 0 aliphatic rings. The summed E-state index contributed by atoms with van der Waals surface area (Å²) in [5.41, 5.74) is 0. The lowest BCUT2D eigenvalue weighted by Gasteiger charge is -2.31. The number of rotatable bonds is 15. The van der Waals surface area contributed by atoms with Crippen molar-refractivity contribution in [1.29, 1.82) is 0 Å². The average molecular weight is 370 g/mol. The molecule has 0 amide bonds. The molecule has 23 heavy (non-hydrogen) atoms. The quantitative estimate of drug-likeness (QED) is 0.267. The average Bonchev–Trinajstić information content (AvgIpc) is 2.42. The third kappa shape index (κ3) is 18.7. The van der Waals surface area contributed by atoms with Crippen molar-refractivity contribution in [3.8, 4) is 0 Å². The summed E-state index contributed by atoms with van der Waals surface area (Å²) in [6.45, 7) is 5.99. The molecule has 2 atom stereocenters. The molecule has 0 aliphatic heterocycles. The van der Waals surface area contributed by atoms with Gasteiger partial charge in [0.05, 0.1) is 20.6 Å². The van der Waals surface area contributed by atoms with Crippen molar-refractivity contribution in [2.24, 2.45) is 0 Å². The Morgan fingerprint density at radius 1 is 0.870 bits per heavy atom. The summed E-state index contributed by atoms with van der Waals surface area (Å²) < 4.78 is 0.860. The van der Waals surface area contributed by atoms with Gasteiger partial charge in [-0.15, -0.1) is 11.6 Å². The van der Waals surface area contributed by atoms with Crippen LogP contribution in [0.4, 0.5) is 0 Å². The molecule has 0 saturated carbocycles. The van der Waals surface area contributed by atoms with Crippen molar-refractivity contribution < 1.29 is 22.0 Å². The van der Waals surface area contributed by atoms with E-state index in [-0.39, 0.29) is 18.5 Å². The minimum absolute atomic E-state index is 0. The van der Waals surface area contributed by atoms with Gasteiger partial charge < -0.3 is 22.0 Å². The topological polar surface area (TPSA) is 20.2 Å². The SMILES string of the molecule is CCCCCCCCCCCC(Cl)CC[N+](C)(C)CC(C)O.[Cl-]. The third-order valence-corrected chi connectivity index (χ3v) is 4.86. The maximum atomic E-state index is 9.50. The molecule has 4 heteroatoms. The Labute approximate surface area is 157 Å². The number of aliphatic hydroxyl groups excluding tert-OH is 1. The number of hydrogen-bond acceptors (Lipinski definition) is 1. The van der Waals surface area contributed by atoms with Crippen LogP contribution in [0.15, 0.2) is 0 Å². The number of aliphatic hydroxyl groups is 1. The fraction of sp³-hybridized carbons (Fsp3) is 1.00. The van der Waals surface area contributed by atoms with Gasteiger partial charge in [0.15, 0.2) is 0 Å². The van der Waals surface area contributed by atoms with Gasteiger partial charge in [-0.2, -0.15) is 0 Å². The Hall–Kier alpha value is 0.500. The third-order valence-electron chi connectivity index (χ3n) is 4.43. The van der Waals surface area contributed by atoms with E-state index in [0.717, 1.165) is 30.4 Å². The highest BCUT2D eigenvalue weighted by atomic mass is 35.5. The van der Waals surface area contributed by atoms with Crippen LogP contribution in [-0.4, -0.2) is 48.3 Å². The first-order valence-electron chi connectivity index (χ1n) is 9.51. The Kier molecular flexibility index (Phi) is 17.9. The summed E-state index contributed by atoms with van der Waals surface area (Å²) in [5, 5.41) is 9.80. The molecule has 0 fully saturated rings. The molecule has 2 nitrogen and oxygen atoms in total. The summed E-state index contributed by atoms with van der Waals surface area (Å²) in [6.07, 6.45) is 14.3. The first-order chi connectivity index (χ1) is 10.4. The van der Waals surface area contributed by atoms with Crippen molar-refractivity contribution in [2.45, 2.75) is 96.0 Å². The molecule has 0 heterocycles. The van der Waals surface area contributed by atoms with E-state index < -0.39 is 0 Å². The molecule has 0 aromatic carbocycles. The van der Waals surface area contributed by atoms with E-state index in [0.29, 0.717) is 5.38 Å². The summed E-state index contributed by atoms with van der Waals surface area (Å²) in [4.78, 5) is 0. The molecule has 1 N–H and O–H groups in total. The van der Waals surface area contributed by atoms with Crippen molar-refractivity contribution in [1.82, 2.24) is 0 Å². The van der Waals surface area contributed by atoms with Gasteiger partial charge in [-0.05, 0) is 13.3 Å². The van der Waals surface area contributed by atoms with Crippen LogP contribution in [0.1, 0.15) is 84.5 Å². The van der Waals surface area contributed by atoms with Crippen LogP contribution in [0.3, 0.4) is 0 Å². The molecule has 0 aromatic heterocycles. The van der Waals surface area contributed by atoms with E-state index in [1.165, 1.54) is 57.8 Å². The number of halogens is 2. The minimum atomic E-state index is -0.235. The van der Waals surface area contributed by atoms with Gasteiger partial charge in [0, 0.05) is 11.8 Å². The summed E-state index contributed by atoms with van der Waals surface area (Å²) in [6, 6.07) is 0. The van der Waals surface area contributed by atoms with Crippen LogP contribution in [-0.2, 0) is 0 Å². The van der Waals surface area contributed by atoms with Gasteiger partial charge in [-0.1, -0.05) is 64.7 Å². The molecule has 0 rings (SSSR count). The highest BCUT2D eigenvalue weighted by Gasteiger charge is 2.19. The fourth-order valence-corrected chi connectivity index (χ4v) is 3.37. The predicted molar refractivity (Wildman–Crippen MR) is 99.6 cm³/mol. The smallest absolute Gasteiger partial charge is 0.104 e. The van der Waals surface area contributed by atoms with Crippen molar-refractivity contribution in [3.63, 3.8) is 0 Å². The van der Waals surface area contributed by atoms with Gasteiger partial charge in [-0.3, -0.25) is 0 Å². The van der Waals surface area contributed by atoms with E-state index in [9.17, 15) is 5.11 Å². The molecule has 0 saturated heterocycles. The summed E-state index contributed by atoms with van der Waals surface area (Å²) >= 11 is 6.45. The van der Waals surface area contributed by atoms with E-state index in [4.69, 9.17) is 11.6 Å². The van der Waals surface area contributed by atoms with Crippen LogP contribution in [0, 0.1) is 0 Å². The molecule has 0 aromatic rings. The lowest BCUT2D eigenvalue weighted by atomic mass is 10.0. The normalized spacial score (nSPS) is 14.3. The standard InChI is InChI=1S/C19H41ClNO.ClH/c1-5-6-7-8-9-10-11-12-13-14-19(20)15-16-21(3,4)17-18(2)22;/h18-19,22H,5-17H2,1-4H3;1H/q+1;/p-1. The van der Waals surface area contributed by atoms with Gasteiger partial charge >= 0.3 is 0 Å². The first kappa shape index (κ1) is 25.7. The Balaban J connectivity index is 0. The second kappa shape index (κ2) is 16.0. The van der Waals surface area contributed by atoms with Crippen LogP contribution in [0.2, 0.25) is 0 Å². The van der Waals surface area contributed by atoms with Crippen LogP contribution in [0.25, 0.3) is 0 Å². The largest absolute Gasteiger partial charge is 1.00 e. The molecule has 2 unspecified atom stereocenters. The summed E-state index contributed by atoms with van der Waals surface area (Å²) in [7, 11) is 4.35. The van der Waals surface area contributed by atoms with Crippen molar-refractivity contribution >= 4 is 11.6 Å². The monoisotopic (exact) mass is 369 g/mol. The molecular formula is C19H41Cl2NO. The zero-order valence-electron chi connectivity index (χ0n) is 16.0. The second-order valence-electron chi connectivity index (χ2n) is 7.69. The van der Waals surface area contributed by atoms with Gasteiger partial charge in [0.1, 0.15) is 12.6 Å². The highest BCUT2D eigenvalue weighted by molar-refractivity contribution is 6.20. The van der Waals surface area contributed by atoms with Crippen molar-refractivity contribution in [3.05, 3.63) is 0 Å². The predicted octanol–water partition coefficient (Wildman–Crippen LogP) is 2.37. The van der Waals surface area contributed by atoms with E-state index in [1.807, 2.05) is 6.92 Å². The number of unbranched alkanes of at least 4 members (excludes halogenated alkanes) is 8. The minimum Gasteiger partial charge on any atom is -1.00 e. The number of nitrogens with zero attached hydrogens (tertiary/aromatic N) is 1. The zero-order valence-corrected chi connectivity index (χ0v) is 17.5. The summed E-state index contributed by atoms with van der Waals surface area (Å²) in [5.74, 6) is 0. The van der Waals surface area contributed by atoms with E-state index in [2.05, 4.69) is 21.0 Å². The van der Waals surface area contributed by atoms with Gasteiger partial charge in [-0.25, -0.2) is 0 Å². The van der Waals surface area contributed by atoms with Gasteiger partial charge in [0.25, 0.3) is 0 Å². The number of alkyl halides is 1. The molecule has 0 radical (unpaired) electrons. The Morgan fingerprint density at radius 3 is 1.83 bits per heavy atom. The van der Waals surface area contributed by atoms with Crippen molar-refractivity contribution in [2.75, 3.05) is 27.2 Å². The van der Waals surface area contributed by atoms with Crippen LogP contribution < -0.4 is 12.4 Å². The van der Waals surface area contributed by atoms with E-state index >= 15 is 0 Å². The molecule has 142 valence electrons. The lowest BCUT2D eigenvalue weighted by Crippen LogP contribution is -3.00. The Morgan fingerprint density at radius 2 is 1.35 bits per heavy atom. The highest BCUT2D eigenvalue weighted by Crippen LogP contribution is 2.16. The number of likely N-dealkylation sites (N-methyl/N-ethyl adjacent to an activating group) is 1. The number of quaternary nitrogens is 1. The zero-order chi connectivity index (χ0) is 16.8. The maximum absolute atomic E-state index is 9.50. The van der Waals surface area contributed by atoms with Crippen LogP contribution >= 0.6 is 11.6 Å². The molecule has 0 aliphatic carbocycles. The second-order valence-corrected chi connectivity index (χ2v) is 8.31. The first-order valence-corrected chi connectivity index (χ1v) is 9.95. The lowest BCUT2D eigenvalue weighted by molar-refractivity contribution is -0.893. The molecule has 0 spiro atoms. The molecular weight excluding hydrogens is 329 g/mol. The Bertz CT molecular complexity index is 248. The molecule has 0 bridgehead atoms. The number of hydrogen-bond donors (Lipinski definition) is 1. The van der Waals surface area contributed by atoms with Crippen LogP contribution in [0.5, 0.6) is 0 Å². The van der Waals surface area contributed by atoms with Gasteiger partial charge in [0.2, 0.25) is 0 Å². The van der Waals surface area contributed by atoms with E-state index in [1.54, 1.807) is 0 Å². The maximum Gasteiger partial charge on any atom is 0.104 e.